The maximum Gasteiger partial charge on any atom is 0.355 e. The first-order chi connectivity index (χ1) is 15.3. The van der Waals surface area contributed by atoms with Crippen molar-refractivity contribution in [3.63, 3.8) is 0 Å². The zero-order valence-corrected chi connectivity index (χ0v) is 18.5. The van der Waals surface area contributed by atoms with Crippen molar-refractivity contribution in [1.29, 1.82) is 0 Å². The summed E-state index contributed by atoms with van der Waals surface area (Å²) in [5, 5.41) is 15.7. The molecule has 2 aromatic carbocycles. The van der Waals surface area contributed by atoms with Crippen LogP contribution in [0.5, 0.6) is 5.75 Å². The average Bonchev–Trinajstić information content (AvgIpc) is 2.79. The third-order valence-corrected chi connectivity index (χ3v) is 5.34. The summed E-state index contributed by atoms with van der Waals surface area (Å²) in [7, 11) is 0. The van der Waals surface area contributed by atoms with Crippen LogP contribution in [0.25, 0.3) is 11.0 Å². The molecule has 168 valence electrons. The van der Waals surface area contributed by atoms with Crippen LogP contribution in [0.15, 0.2) is 51.7 Å². The number of ether oxygens (including phenoxy) is 1. The maximum atomic E-state index is 12.3. The highest BCUT2D eigenvalue weighted by Crippen LogP contribution is 2.25. The van der Waals surface area contributed by atoms with Gasteiger partial charge in [0.25, 0.3) is 5.91 Å². The summed E-state index contributed by atoms with van der Waals surface area (Å²) in [6.07, 6.45) is 0. The summed E-state index contributed by atoms with van der Waals surface area (Å²) >= 11 is 11.7. The molecule has 3 rings (SSSR count). The number of hydrogen-bond acceptors (Lipinski definition) is 6. The number of nitrogens with one attached hydrogen (secondary N) is 2. The van der Waals surface area contributed by atoms with E-state index in [2.05, 4.69) is 10.6 Å². The van der Waals surface area contributed by atoms with Crippen molar-refractivity contribution in [2.24, 2.45) is 0 Å². The number of aliphatic hydroxyl groups excluding tert-OH is 1. The van der Waals surface area contributed by atoms with E-state index in [-0.39, 0.29) is 22.9 Å². The van der Waals surface area contributed by atoms with E-state index in [0.717, 1.165) is 5.56 Å². The number of fused-ring (bicyclic) bond motifs is 1. The Balaban J connectivity index is 1.55. The van der Waals surface area contributed by atoms with Crippen LogP contribution < -0.4 is 21.0 Å². The molecular weight excluding hydrogens is 459 g/mol. The fraction of sp³-hybridized carbons (Fsp3) is 0.227. The molecule has 10 heteroatoms. The highest BCUT2D eigenvalue weighted by atomic mass is 35.5. The van der Waals surface area contributed by atoms with Crippen molar-refractivity contribution in [1.82, 2.24) is 10.6 Å². The lowest BCUT2D eigenvalue weighted by molar-refractivity contribution is -0.131. The zero-order chi connectivity index (χ0) is 23.3. The van der Waals surface area contributed by atoms with E-state index in [1.807, 2.05) is 0 Å². The van der Waals surface area contributed by atoms with Crippen LogP contribution in [0.1, 0.15) is 11.1 Å². The van der Waals surface area contributed by atoms with Gasteiger partial charge in [-0.2, -0.15) is 0 Å². The predicted molar refractivity (Wildman–Crippen MR) is 120 cm³/mol. The standard InChI is InChI=1S/C22H20Cl2N2O6/c1-12-16-7-6-15(8-18(16)32-22(30)20(12)24)31-11-19(28)26-17(10-27)21(29)25-9-13-2-4-14(23)5-3-13/h2-8,17,27H,9-11H2,1H3,(H,25,29)(H,26,28). The molecular formula is C22H20Cl2N2O6. The summed E-state index contributed by atoms with van der Waals surface area (Å²) in [5.41, 5.74) is 0.998. The molecule has 1 atom stereocenters. The zero-order valence-electron chi connectivity index (χ0n) is 17.0. The van der Waals surface area contributed by atoms with Gasteiger partial charge in [0.2, 0.25) is 5.91 Å². The highest BCUT2D eigenvalue weighted by Gasteiger charge is 2.20. The Labute approximate surface area is 193 Å². The molecule has 1 unspecified atom stereocenters. The van der Waals surface area contributed by atoms with Crippen LogP contribution in [0, 0.1) is 6.92 Å². The van der Waals surface area contributed by atoms with Crippen molar-refractivity contribution in [2.45, 2.75) is 19.5 Å². The third-order valence-electron chi connectivity index (χ3n) is 4.65. The quantitative estimate of drug-likeness (QED) is 0.428. The smallest absolute Gasteiger partial charge is 0.355 e. The number of hydrogen-bond donors (Lipinski definition) is 3. The molecule has 3 N–H and O–H groups in total. The molecule has 0 saturated carbocycles. The largest absolute Gasteiger partial charge is 0.484 e. The Morgan fingerprint density at radius 2 is 1.88 bits per heavy atom. The highest BCUT2D eigenvalue weighted by molar-refractivity contribution is 6.31. The van der Waals surface area contributed by atoms with Gasteiger partial charge in [0.15, 0.2) is 6.61 Å². The minimum absolute atomic E-state index is 0.00919. The van der Waals surface area contributed by atoms with Gasteiger partial charge in [0.1, 0.15) is 22.4 Å². The molecule has 0 aliphatic rings. The van der Waals surface area contributed by atoms with Crippen molar-refractivity contribution in [3.8, 4) is 5.75 Å². The molecule has 0 bridgehead atoms. The molecule has 3 aromatic rings. The number of carbonyl (C=O) groups is 2. The van der Waals surface area contributed by atoms with Gasteiger partial charge >= 0.3 is 5.63 Å². The molecule has 1 aromatic heterocycles. The fourth-order valence-electron chi connectivity index (χ4n) is 2.90. The number of halogens is 2. The second-order valence-corrected chi connectivity index (χ2v) is 7.74. The molecule has 1 heterocycles. The van der Waals surface area contributed by atoms with Gasteiger partial charge in [-0.3, -0.25) is 9.59 Å². The van der Waals surface area contributed by atoms with Crippen LogP contribution in [-0.4, -0.2) is 36.2 Å². The molecule has 0 aliphatic carbocycles. The van der Waals surface area contributed by atoms with Gasteiger partial charge < -0.3 is 24.9 Å². The Morgan fingerprint density at radius 1 is 1.16 bits per heavy atom. The van der Waals surface area contributed by atoms with E-state index in [1.54, 1.807) is 43.3 Å². The van der Waals surface area contributed by atoms with Gasteiger partial charge in [-0.1, -0.05) is 35.3 Å². The van der Waals surface area contributed by atoms with Gasteiger partial charge in [-0.05, 0) is 42.3 Å². The SMILES string of the molecule is Cc1c(Cl)c(=O)oc2cc(OCC(=O)NC(CO)C(=O)NCc3ccc(Cl)cc3)ccc12. The van der Waals surface area contributed by atoms with Gasteiger partial charge in [-0.15, -0.1) is 0 Å². The van der Waals surface area contributed by atoms with E-state index in [4.69, 9.17) is 32.4 Å². The average molecular weight is 479 g/mol. The Hall–Kier alpha value is -3.07. The van der Waals surface area contributed by atoms with Crippen molar-refractivity contribution >= 4 is 46.0 Å². The first-order valence-corrected chi connectivity index (χ1v) is 10.3. The Kier molecular flexibility index (Phi) is 7.74. The molecule has 0 fully saturated rings. The molecule has 0 radical (unpaired) electrons. The molecule has 2 amide bonds. The topological polar surface area (TPSA) is 118 Å². The minimum Gasteiger partial charge on any atom is -0.484 e. The summed E-state index contributed by atoms with van der Waals surface area (Å²) < 4.78 is 10.6. The normalized spacial score (nSPS) is 11.8. The van der Waals surface area contributed by atoms with Crippen molar-refractivity contribution in [3.05, 3.63) is 74.1 Å². The number of benzene rings is 2. The lowest BCUT2D eigenvalue weighted by atomic mass is 10.1. The molecule has 32 heavy (non-hydrogen) atoms. The monoisotopic (exact) mass is 478 g/mol. The van der Waals surface area contributed by atoms with E-state index < -0.39 is 36.7 Å². The number of amides is 2. The second kappa shape index (κ2) is 10.5. The molecule has 8 nitrogen and oxygen atoms in total. The fourth-order valence-corrected chi connectivity index (χ4v) is 3.16. The first kappa shape index (κ1) is 23.6. The summed E-state index contributed by atoms with van der Waals surface area (Å²) in [6.45, 7) is 0.913. The maximum absolute atomic E-state index is 12.3. The molecule has 0 saturated heterocycles. The van der Waals surface area contributed by atoms with E-state index in [0.29, 0.717) is 16.0 Å². The van der Waals surface area contributed by atoms with E-state index in [1.165, 1.54) is 6.07 Å². The van der Waals surface area contributed by atoms with Crippen LogP contribution in [0.2, 0.25) is 10.0 Å². The number of aliphatic hydroxyl groups is 1. The lowest BCUT2D eigenvalue weighted by Gasteiger charge is -2.16. The van der Waals surface area contributed by atoms with Crippen molar-refractivity contribution < 1.29 is 23.8 Å². The number of rotatable bonds is 8. The summed E-state index contributed by atoms with van der Waals surface area (Å²) in [5.74, 6) is -0.875. The summed E-state index contributed by atoms with van der Waals surface area (Å²) in [4.78, 5) is 36.2. The van der Waals surface area contributed by atoms with Crippen LogP contribution in [0.3, 0.4) is 0 Å². The van der Waals surface area contributed by atoms with Crippen LogP contribution in [-0.2, 0) is 16.1 Å². The first-order valence-electron chi connectivity index (χ1n) is 9.56. The third kappa shape index (κ3) is 5.79. The van der Waals surface area contributed by atoms with E-state index in [9.17, 15) is 19.5 Å². The van der Waals surface area contributed by atoms with Crippen LogP contribution in [0.4, 0.5) is 0 Å². The van der Waals surface area contributed by atoms with Gasteiger partial charge in [0.05, 0.1) is 6.61 Å². The number of aryl methyl sites for hydroxylation is 1. The Morgan fingerprint density at radius 3 is 2.56 bits per heavy atom. The lowest BCUT2D eigenvalue weighted by Crippen LogP contribution is -2.49. The number of carbonyl (C=O) groups excluding carboxylic acids is 2. The van der Waals surface area contributed by atoms with E-state index >= 15 is 0 Å². The second-order valence-electron chi connectivity index (χ2n) is 6.92. The molecule has 0 spiro atoms. The molecule has 0 aliphatic heterocycles. The van der Waals surface area contributed by atoms with Crippen LogP contribution >= 0.6 is 23.2 Å². The van der Waals surface area contributed by atoms with Crippen molar-refractivity contribution in [2.75, 3.05) is 13.2 Å². The predicted octanol–water partition coefficient (Wildman–Crippen LogP) is 2.58. The summed E-state index contributed by atoms with van der Waals surface area (Å²) in [6, 6.07) is 10.5. The minimum atomic E-state index is -1.14. The van der Waals surface area contributed by atoms with Gasteiger partial charge in [-0.25, -0.2) is 4.79 Å². The Bertz CT molecular complexity index is 1190. The van der Waals surface area contributed by atoms with Gasteiger partial charge in [0, 0.05) is 23.0 Å².